The number of rotatable bonds is 4. The number of fused-ring (bicyclic) bond motifs is 1. The first-order valence-electron chi connectivity index (χ1n) is 12.3. The van der Waals surface area contributed by atoms with E-state index in [1.54, 1.807) is 29.1 Å². The van der Waals surface area contributed by atoms with Gasteiger partial charge >= 0.3 is 6.09 Å². The van der Waals surface area contributed by atoms with Crippen molar-refractivity contribution in [3.05, 3.63) is 35.0 Å². The summed E-state index contributed by atoms with van der Waals surface area (Å²) in [6.45, 7) is 6.67. The number of halogens is 3. The zero-order valence-corrected chi connectivity index (χ0v) is 21.6. The van der Waals surface area contributed by atoms with Gasteiger partial charge < -0.3 is 19.1 Å². The van der Waals surface area contributed by atoms with Crippen molar-refractivity contribution in [2.24, 2.45) is 0 Å². The number of benzene rings is 1. The van der Waals surface area contributed by atoms with Crippen LogP contribution in [0, 0.1) is 0 Å². The van der Waals surface area contributed by atoms with Crippen molar-refractivity contribution in [3.8, 4) is 0 Å². The van der Waals surface area contributed by atoms with Crippen LogP contribution in [-0.2, 0) is 11.3 Å². The van der Waals surface area contributed by atoms with Gasteiger partial charge in [0.25, 0.3) is 5.91 Å². The number of ether oxygens (including phenoxy) is 1. The second-order valence-electron chi connectivity index (χ2n) is 10.8. The van der Waals surface area contributed by atoms with E-state index < -0.39 is 11.5 Å². The third-order valence-electron chi connectivity index (χ3n) is 7.05. The molecule has 9 heteroatoms. The Hall–Kier alpha value is -2.35. The SMILES string of the molecule is CN(C(=O)c1cn(CC2CCCN2C(=O)OC(C)(C)C)c2cccc(Cl)c12)C1CCC(F)(F)CC1. The van der Waals surface area contributed by atoms with Gasteiger partial charge in [-0.3, -0.25) is 4.79 Å². The normalized spacial score (nSPS) is 20.9. The van der Waals surface area contributed by atoms with Gasteiger partial charge in [-0.05, 0) is 58.6 Å². The molecule has 1 aromatic carbocycles. The molecule has 2 fully saturated rings. The van der Waals surface area contributed by atoms with Crippen molar-refractivity contribution in [2.45, 2.75) is 89.4 Å². The summed E-state index contributed by atoms with van der Waals surface area (Å²) in [7, 11) is 1.68. The first kappa shape index (κ1) is 25.7. The van der Waals surface area contributed by atoms with E-state index in [-0.39, 0.29) is 49.8 Å². The largest absolute Gasteiger partial charge is 0.444 e. The summed E-state index contributed by atoms with van der Waals surface area (Å²) in [4.78, 5) is 29.6. The molecular formula is C26H34ClF2N3O3. The van der Waals surface area contributed by atoms with Crippen molar-refractivity contribution in [3.63, 3.8) is 0 Å². The second-order valence-corrected chi connectivity index (χ2v) is 11.2. The number of aromatic nitrogens is 1. The molecule has 1 unspecified atom stereocenters. The minimum absolute atomic E-state index is 0.0688. The Morgan fingerprint density at radius 2 is 1.89 bits per heavy atom. The van der Waals surface area contributed by atoms with Crippen LogP contribution >= 0.6 is 11.6 Å². The molecule has 2 aliphatic rings. The first-order chi connectivity index (χ1) is 16.4. The van der Waals surface area contributed by atoms with E-state index in [0.717, 1.165) is 18.4 Å². The molecule has 4 rings (SSSR count). The predicted molar refractivity (Wildman–Crippen MR) is 132 cm³/mol. The number of hydrogen-bond acceptors (Lipinski definition) is 3. The van der Waals surface area contributed by atoms with E-state index >= 15 is 0 Å². The highest BCUT2D eigenvalue weighted by Crippen LogP contribution is 2.36. The monoisotopic (exact) mass is 509 g/mol. The van der Waals surface area contributed by atoms with Crippen LogP contribution in [0.25, 0.3) is 10.9 Å². The predicted octanol–water partition coefficient (Wildman–Crippen LogP) is 6.34. The van der Waals surface area contributed by atoms with Crippen LogP contribution in [0.4, 0.5) is 13.6 Å². The molecule has 2 heterocycles. The highest BCUT2D eigenvalue weighted by atomic mass is 35.5. The quantitative estimate of drug-likeness (QED) is 0.483. The maximum atomic E-state index is 13.6. The van der Waals surface area contributed by atoms with E-state index in [1.807, 2.05) is 37.5 Å². The lowest BCUT2D eigenvalue weighted by Crippen LogP contribution is -2.42. The first-order valence-corrected chi connectivity index (χ1v) is 12.7. The number of hydrogen-bond donors (Lipinski definition) is 0. The van der Waals surface area contributed by atoms with E-state index in [2.05, 4.69) is 0 Å². The fraction of sp³-hybridized carbons (Fsp3) is 0.615. The molecule has 6 nitrogen and oxygen atoms in total. The number of carbonyl (C=O) groups excluding carboxylic acids is 2. The maximum Gasteiger partial charge on any atom is 0.410 e. The Morgan fingerprint density at radius 1 is 1.20 bits per heavy atom. The number of amides is 2. The van der Waals surface area contributed by atoms with Crippen LogP contribution in [0.15, 0.2) is 24.4 Å². The Morgan fingerprint density at radius 3 is 2.54 bits per heavy atom. The molecule has 192 valence electrons. The Bertz CT molecular complexity index is 1100. The molecule has 1 saturated carbocycles. The average Bonchev–Trinajstić information content (AvgIpc) is 3.38. The fourth-order valence-electron chi connectivity index (χ4n) is 5.20. The lowest BCUT2D eigenvalue weighted by molar-refractivity contribution is -0.0490. The molecule has 0 bridgehead atoms. The number of carbonyl (C=O) groups is 2. The molecule has 0 spiro atoms. The topological polar surface area (TPSA) is 54.8 Å². The summed E-state index contributed by atoms with van der Waals surface area (Å²) in [6.07, 6.45) is 3.30. The molecular weight excluding hydrogens is 476 g/mol. The van der Waals surface area contributed by atoms with E-state index in [0.29, 0.717) is 29.1 Å². The molecule has 35 heavy (non-hydrogen) atoms. The standard InChI is InChI=1S/C26H34ClF2N3O3/c1-25(2,3)35-24(34)32-14-6-7-18(32)15-31-16-19(22-20(27)8-5-9-21(22)31)23(33)30(4)17-10-12-26(28,29)13-11-17/h5,8-9,16-18H,6-7,10-15H2,1-4H3. The smallest absolute Gasteiger partial charge is 0.410 e. The molecule has 1 atom stereocenters. The second kappa shape index (κ2) is 9.60. The lowest BCUT2D eigenvalue weighted by Gasteiger charge is -2.34. The van der Waals surface area contributed by atoms with Gasteiger partial charge in [0.05, 0.1) is 22.1 Å². The molecule has 2 amide bonds. The minimum Gasteiger partial charge on any atom is -0.444 e. The number of likely N-dealkylation sites (tertiary alicyclic amines) is 1. The Labute approximate surface area is 210 Å². The van der Waals surface area contributed by atoms with Crippen LogP contribution in [0.5, 0.6) is 0 Å². The summed E-state index contributed by atoms with van der Waals surface area (Å²) in [5, 5.41) is 1.11. The van der Waals surface area contributed by atoms with Crippen molar-refractivity contribution < 1.29 is 23.1 Å². The van der Waals surface area contributed by atoms with Crippen LogP contribution in [-0.4, -0.2) is 63.6 Å². The van der Waals surface area contributed by atoms with Crippen molar-refractivity contribution in [1.29, 1.82) is 0 Å². The van der Waals surface area contributed by atoms with Crippen LogP contribution < -0.4 is 0 Å². The highest BCUT2D eigenvalue weighted by Gasteiger charge is 2.38. The van der Waals surface area contributed by atoms with E-state index in [4.69, 9.17) is 16.3 Å². The van der Waals surface area contributed by atoms with E-state index in [9.17, 15) is 18.4 Å². The zero-order chi connectivity index (χ0) is 25.5. The molecule has 0 N–H and O–H groups in total. The van der Waals surface area contributed by atoms with Gasteiger partial charge in [-0.2, -0.15) is 0 Å². The number of nitrogens with zero attached hydrogens (tertiary/aromatic N) is 3. The summed E-state index contributed by atoms with van der Waals surface area (Å²) in [5.74, 6) is -2.88. The number of alkyl halides is 2. The molecule has 1 aromatic heterocycles. The van der Waals surface area contributed by atoms with Crippen molar-refractivity contribution in [2.75, 3.05) is 13.6 Å². The Kier molecular flexibility index (Phi) is 7.06. The third kappa shape index (κ3) is 5.57. The third-order valence-corrected chi connectivity index (χ3v) is 7.37. The highest BCUT2D eigenvalue weighted by molar-refractivity contribution is 6.36. The molecule has 1 saturated heterocycles. The van der Waals surface area contributed by atoms with Gasteiger partial charge in [0, 0.05) is 50.6 Å². The summed E-state index contributed by atoms with van der Waals surface area (Å²) in [6, 6.07) is 5.18. The lowest BCUT2D eigenvalue weighted by atomic mass is 9.91. The van der Waals surface area contributed by atoms with Crippen molar-refractivity contribution in [1.82, 2.24) is 14.4 Å². The van der Waals surface area contributed by atoms with E-state index in [1.165, 1.54) is 0 Å². The van der Waals surface area contributed by atoms with Gasteiger partial charge in [0.15, 0.2) is 0 Å². The van der Waals surface area contributed by atoms with Gasteiger partial charge in [-0.25, -0.2) is 13.6 Å². The van der Waals surface area contributed by atoms with Gasteiger partial charge in [0.1, 0.15) is 5.60 Å². The Balaban J connectivity index is 1.59. The van der Waals surface area contributed by atoms with Crippen LogP contribution in [0.3, 0.4) is 0 Å². The summed E-state index contributed by atoms with van der Waals surface area (Å²) in [5.41, 5.74) is 0.679. The van der Waals surface area contributed by atoms with Crippen LogP contribution in [0.2, 0.25) is 5.02 Å². The molecule has 1 aliphatic carbocycles. The van der Waals surface area contributed by atoms with Gasteiger partial charge in [0.2, 0.25) is 5.92 Å². The average molecular weight is 510 g/mol. The van der Waals surface area contributed by atoms with Gasteiger partial charge in [-0.15, -0.1) is 0 Å². The maximum absolute atomic E-state index is 13.6. The minimum atomic E-state index is -2.65. The summed E-state index contributed by atoms with van der Waals surface area (Å²) < 4.78 is 34.9. The molecule has 2 aromatic rings. The molecule has 0 radical (unpaired) electrons. The molecule has 1 aliphatic heterocycles. The van der Waals surface area contributed by atoms with Crippen LogP contribution in [0.1, 0.15) is 69.7 Å². The van der Waals surface area contributed by atoms with Crippen molar-refractivity contribution >= 4 is 34.5 Å². The zero-order valence-electron chi connectivity index (χ0n) is 20.8. The summed E-state index contributed by atoms with van der Waals surface area (Å²) >= 11 is 6.55. The van der Waals surface area contributed by atoms with Gasteiger partial charge in [-0.1, -0.05) is 17.7 Å². The fourth-order valence-corrected chi connectivity index (χ4v) is 5.47.